The highest BCUT2D eigenvalue weighted by molar-refractivity contribution is 5.80. The molecule has 11 nitrogen and oxygen atoms in total. The lowest BCUT2D eigenvalue weighted by molar-refractivity contribution is -0.122. The number of fused-ring (bicyclic) bond motifs is 1. The smallest absolute Gasteiger partial charge is 0.263 e. The van der Waals surface area contributed by atoms with Crippen LogP contribution < -0.4 is 20.3 Å². The molecule has 3 aromatic rings. The largest absolute Gasteiger partial charge is 0.492 e. The number of methoxy groups -OCH3 is 1. The van der Waals surface area contributed by atoms with Gasteiger partial charge in [-0.25, -0.2) is 15.0 Å². The minimum Gasteiger partial charge on any atom is -0.492 e. The van der Waals surface area contributed by atoms with E-state index >= 15 is 0 Å². The predicted octanol–water partition coefficient (Wildman–Crippen LogP) is 1.49. The van der Waals surface area contributed by atoms with Gasteiger partial charge in [0.2, 0.25) is 11.8 Å². The first-order valence-electron chi connectivity index (χ1n) is 12.1. The van der Waals surface area contributed by atoms with Crippen molar-refractivity contribution in [3.63, 3.8) is 0 Å². The van der Waals surface area contributed by atoms with E-state index in [1.807, 2.05) is 13.8 Å². The predicted molar refractivity (Wildman–Crippen MR) is 134 cm³/mol. The molecule has 1 aliphatic rings. The van der Waals surface area contributed by atoms with Crippen molar-refractivity contribution in [3.05, 3.63) is 40.8 Å². The Bertz CT molecular complexity index is 1260. The van der Waals surface area contributed by atoms with Crippen LogP contribution in [0.3, 0.4) is 0 Å². The second-order valence-electron chi connectivity index (χ2n) is 8.81. The fourth-order valence-corrected chi connectivity index (χ4v) is 3.98. The number of carbonyl (C=O) groups excluding carboxylic acids is 1. The Labute approximate surface area is 209 Å². The lowest BCUT2D eigenvalue weighted by atomic mass is 10.2. The van der Waals surface area contributed by atoms with E-state index in [1.165, 1.54) is 11.7 Å². The Morgan fingerprint density at radius 1 is 1.22 bits per heavy atom. The lowest BCUT2D eigenvalue weighted by Crippen LogP contribution is -2.37. The number of morpholine rings is 1. The van der Waals surface area contributed by atoms with Crippen LogP contribution in [0.1, 0.15) is 20.3 Å². The summed E-state index contributed by atoms with van der Waals surface area (Å²) >= 11 is 0. The van der Waals surface area contributed by atoms with Gasteiger partial charge in [-0.05, 0) is 32.4 Å². The van der Waals surface area contributed by atoms with E-state index in [1.54, 1.807) is 30.5 Å². The number of hydrogen-bond acceptors (Lipinski definition) is 9. The van der Waals surface area contributed by atoms with Gasteiger partial charge in [-0.15, -0.1) is 0 Å². The molecule has 11 heteroatoms. The average Bonchev–Trinajstić information content (AvgIpc) is 2.88. The van der Waals surface area contributed by atoms with Crippen LogP contribution in [0.15, 0.2) is 35.3 Å². The summed E-state index contributed by atoms with van der Waals surface area (Å²) in [4.78, 5) is 41.9. The van der Waals surface area contributed by atoms with E-state index in [0.29, 0.717) is 23.9 Å². The molecule has 0 bridgehead atoms. The van der Waals surface area contributed by atoms with E-state index in [4.69, 9.17) is 14.2 Å². The molecule has 4 heterocycles. The quantitative estimate of drug-likeness (QED) is 0.416. The summed E-state index contributed by atoms with van der Waals surface area (Å²) in [5.41, 5.74) is 0.251. The number of carbonyl (C=O) groups is 1. The Kier molecular flexibility index (Phi) is 8.44. The lowest BCUT2D eigenvalue weighted by Gasteiger charge is -2.26. The van der Waals surface area contributed by atoms with E-state index in [0.717, 1.165) is 39.3 Å². The summed E-state index contributed by atoms with van der Waals surface area (Å²) in [6, 6.07) is 6.71. The maximum absolute atomic E-state index is 13.6. The maximum atomic E-state index is 13.6. The van der Waals surface area contributed by atoms with Crippen molar-refractivity contribution >= 4 is 16.9 Å². The summed E-state index contributed by atoms with van der Waals surface area (Å²) in [5.74, 6) is 0.778. The Balaban J connectivity index is 1.61. The first-order chi connectivity index (χ1) is 17.4. The molecule has 0 atom stereocenters. The molecule has 1 saturated heterocycles. The van der Waals surface area contributed by atoms with Crippen molar-refractivity contribution in [1.29, 1.82) is 0 Å². The van der Waals surface area contributed by atoms with Crippen molar-refractivity contribution in [1.82, 2.24) is 29.7 Å². The average molecular weight is 497 g/mol. The van der Waals surface area contributed by atoms with E-state index in [9.17, 15) is 9.59 Å². The van der Waals surface area contributed by atoms with Gasteiger partial charge < -0.3 is 19.5 Å². The first-order valence-corrected chi connectivity index (χ1v) is 12.1. The Morgan fingerprint density at radius 3 is 2.78 bits per heavy atom. The fourth-order valence-electron chi connectivity index (χ4n) is 3.98. The molecule has 3 aromatic heterocycles. The van der Waals surface area contributed by atoms with Crippen LogP contribution in [-0.2, 0) is 16.1 Å². The SMILES string of the molecule is COc1cccc(-c2nc3ncc(OCCCN4CCOCC4)cc3c(=O)n2CC(=O)NC(C)C)n1. The molecule has 36 heavy (non-hydrogen) atoms. The van der Waals surface area contributed by atoms with Crippen molar-refractivity contribution in [2.75, 3.05) is 46.6 Å². The standard InChI is InChI=1S/C25H32N6O5/c1-17(2)27-21(32)16-31-24(20-6-4-7-22(28-20)34-3)29-23-19(25(31)33)14-18(15-26-23)36-11-5-8-30-9-12-35-13-10-30/h4,6-7,14-15,17H,5,8-13,16H2,1-3H3,(H,27,32). The molecule has 1 N–H and O–H groups in total. The molecule has 1 amide bonds. The molecule has 4 rings (SSSR count). The van der Waals surface area contributed by atoms with Gasteiger partial charge in [0.25, 0.3) is 5.56 Å². The van der Waals surface area contributed by atoms with Crippen LogP contribution in [0.25, 0.3) is 22.6 Å². The van der Waals surface area contributed by atoms with Gasteiger partial charge in [-0.2, -0.15) is 0 Å². The third kappa shape index (κ3) is 6.35. The number of pyridine rings is 2. The topological polar surface area (TPSA) is 121 Å². The third-order valence-electron chi connectivity index (χ3n) is 5.69. The van der Waals surface area contributed by atoms with Crippen molar-refractivity contribution in [2.45, 2.75) is 32.9 Å². The monoisotopic (exact) mass is 496 g/mol. The summed E-state index contributed by atoms with van der Waals surface area (Å²) in [7, 11) is 1.51. The van der Waals surface area contributed by atoms with Gasteiger partial charge in [0.1, 0.15) is 18.0 Å². The van der Waals surface area contributed by atoms with Crippen molar-refractivity contribution < 1.29 is 19.0 Å². The van der Waals surface area contributed by atoms with Gasteiger partial charge >= 0.3 is 0 Å². The highest BCUT2D eigenvalue weighted by atomic mass is 16.5. The number of aromatic nitrogens is 4. The number of hydrogen-bond donors (Lipinski definition) is 1. The molecular weight excluding hydrogens is 464 g/mol. The van der Waals surface area contributed by atoms with E-state index in [-0.39, 0.29) is 35.4 Å². The molecule has 0 radical (unpaired) electrons. The van der Waals surface area contributed by atoms with Crippen LogP contribution in [-0.4, -0.2) is 82.9 Å². The van der Waals surface area contributed by atoms with Crippen LogP contribution in [0.2, 0.25) is 0 Å². The molecule has 0 aliphatic carbocycles. The van der Waals surface area contributed by atoms with Gasteiger partial charge in [0, 0.05) is 31.7 Å². The van der Waals surface area contributed by atoms with E-state index < -0.39 is 5.56 Å². The molecule has 1 aliphatic heterocycles. The maximum Gasteiger partial charge on any atom is 0.263 e. The van der Waals surface area contributed by atoms with Gasteiger partial charge in [0.05, 0.1) is 38.5 Å². The second-order valence-corrected chi connectivity index (χ2v) is 8.81. The minimum absolute atomic E-state index is 0.0702. The normalized spacial score (nSPS) is 14.2. The molecule has 0 saturated carbocycles. The van der Waals surface area contributed by atoms with Crippen LogP contribution >= 0.6 is 0 Å². The van der Waals surface area contributed by atoms with Gasteiger partial charge in [0.15, 0.2) is 11.5 Å². The number of ether oxygens (including phenoxy) is 3. The first kappa shape index (κ1) is 25.5. The molecule has 192 valence electrons. The summed E-state index contributed by atoms with van der Waals surface area (Å²) in [5, 5.41) is 3.09. The zero-order chi connectivity index (χ0) is 25.5. The van der Waals surface area contributed by atoms with Gasteiger partial charge in [-0.1, -0.05) is 6.07 Å². The van der Waals surface area contributed by atoms with Crippen molar-refractivity contribution in [3.8, 4) is 23.1 Å². The minimum atomic E-state index is -0.398. The number of amides is 1. The van der Waals surface area contributed by atoms with Crippen LogP contribution in [0, 0.1) is 0 Å². The highest BCUT2D eigenvalue weighted by Gasteiger charge is 2.19. The second kappa shape index (κ2) is 11.9. The number of nitrogens with zero attached hydrogens (tertiary/aromatic N) is 5. The Hall–Kier alpha value is -3.57. The number of nitrogens with one attached hydrogen (secondary N) is 1. The van der Waals surface area contributed by atoms with Crippen molar-refractivity contribution in [2.24, 2.45) is 0 Å². The molecule has 1 fully saturated rings. The fraction of sp³-hybridized carbons (Fsp3) is 0.480. The Morgan fingerprint density at radius 2 is 2.03 bits per heavy atom. The third-order valence-corrected chi connectivity index (χ3v) is 5.69. The summed E-state index contributed by atoms with van der Waals surface area (Å²) < 4.78 is 17.8. The summed E-state index contributed by atoms with van der Waals surface area (Å²) in [6.07, 6.45) is 2.40. The zero-order valence-corrected chi connectivity index (χ0v) is 20.9. The highest BCUT2D eigenvalue weighted by Crippen LogP contribution is 2.21. The van der Waals surface area contributed by atoms with Gasteiger partial charge in [-0.3, -0.25) is 19.1 Å². The molecule has 0 unspecified atom stereocenters. The molecule has 0 aromatic carbocycles. The van der Waals surface area contributed by atoms with Crippen LogP contribution in [0.5, 0.6) is 11.6 Å². The summed E-state index contributed by atoms with van der Waals surface area (Å²) in [6.45, 7) is 8.30. The number of rotatable bonds is 10. The van der Waals surface area contributed by atoms with E-state index in [2.05, 4.69) is 25.2 Å². The molecular formula is C25H32N6O5. The molecule has 0 spiro atoms. The van der Waals surface area contributed by atoms with Crippen LogP contribution in [0.4, 0.5) is 0 Å². The zero-order valence-electron chi connectivity index (χ0n) is 20.9.